The number of carbonyl (C=O) groups is 1. The van der Waals surface area contributed by atoms with E-state index in [1.54, 1.807) is 0 Å². The van der Waals surface area contributed by atoms with Gasteiger partial charge in [0.05, 0.1) is 6.34 Å². The standard InChI is InChI=1S/C7H7F7N2O/c1-16(2)3-15-4(17)5(8,9)6(10,11)7(12,13)14/h3H,1-2H3. The summed E-state index contributed by atoms with van der Waals surface area (Å²) in [5.74, 6) is -15.3. The Morgan fingerprint density at radius 3 is 1.76 bits per heavy atom. The molecule has 17 heavy (non-hydrogen) atoms. The van der Waals surface area contributed by atoms with Crippen LogP contribution in [-0.4, -0.2) is 49.3 Å². The highest BCUT2D eigenvalue weighted by Crippen LogP contribution is 2.46. The molecule has 0 aromatic heterocycles. The van der Waals surface area contributed by atoms with E-state index in [2.05, 4.69) is 4.99 Å². The van der Waals surface area contributed by atoms with E-state index in [4.69, 9.17) is 0 Å². The molecule has 0 radical (unpaired) electrons. The minimum atomic E-state index is -6.54. The largest absolute Gasteiger partial charge is 0.460 e. The molecule has 10 heteroatoms. The lowest BCUT2D eigenvalue weighted by atomic mass is 10.1. The number of alkyl halides is 7. The highest BCUT2D eigenvalue weighted by Gasteiger charge is 2.76. The Balaban J connectivity index is 5.21. The quantitative estimate of drug-likeness (QED) is 0.445. The molecule has 0 saturated carbocycles. The van der Waals surface area contributed by atoms with E-state index in [0.717, 1.165) is 4.90 Å². The van der Waals surface area contributed by atoms with Crippen LogP contribution in [0, 0.1) is 0 Å². The van der Waals surface area contributed by atoms with Crippen molar-refractivity contribution in [3.63, 3.8) is 0 Å². The molecule has 0 unspecified atom stereocenters. The lowest BCUT2D eigenvalue weighted by Gasteiger charge is -2.25. The molecule has 0 spiro atoms. The summed E-state index contributed by atoms with van der Waals surface area (Å²) in [6, 6.07) is 0. The number of halogens is 7. The van der Waals surface area contributed by atoms with Crippen LogP contribution in [0.5, 0.6) is 0 Å². The van der Waals surface area contributed by atoms with Crippen LogP contribution in [0.3, 0.4) is 0 Å². The number of hydrogen-bond donors (Lipinski definition) is 0. The van der Waals surface area contributed by atoms with Gasteiger partial charge in [0, 0.05) is 14.1 Å². The van der Waals surface area contributed by atoms with Gasteiger partial charge < -0.3 is 4.90 Å². The Bertz CT molecular complexity index is 321. The molecule has 0 aliphatic carbocycles. The Labute approximate surface area is 90.9 Å². The third-order valence-corrected chi connectivity index (χ3v) is 1.42. The van der Waals surface area contributed by atoms with Gasteiger partial charge in [-0.25, -0.2) is 0 Å². The number of hydrogen-bond acceptors (Lipinski definition) is 1. The molecule has 3 nitrogen and oxygen atoms in total. The second-order valence-electron chi connectivity index (χ2n) is 3.16. The van der Waals surface area contributed by atoms with Gasteiger partial charge >= 0.3 is 23.9 Å². The van der Waals surface area contributed by atoms with Gasteiger partial charge in [-0.1, -0.05) is 0 Å². The Hall–Kier alpha value is -1.35. The lowest BCUT2D eigenvalue weighted by molar-refractivity contribution is -0.343. The number of nitrogens with zero attached hydrogens (tertiary/aromatic N) is 2. The van der Waals surface area contributed by atoms with Crippen LogP contribution in [-0.2, 0) is 4.79 Å². The topological polar surface area (TPSA) is 32.7 Å². The molecule has 0 aliphatic rings. The zero-order chi connectivity index (χ0) is 14.1. The fourth-order valence-corrected chi connectivity index (χ4v) is 0.561. The SMILES string of the molecule is CN(C)C=NC(=O)C(F)(F)C(F)(F)C(F)(F)F. The lowest BCUT2D eigenvalue weighted by Crippen LogP contribution is -2.55. The zero-order valence-corrected chi connectivity index (χ0v) is 8.53. The molecule has 100 valence electrons. The van der Waals surface area contributed by atoms with Gasteiger partial charge in [0.2, 0.25) is 0 Å². The average Bonchev–Trinajstić information content (AvgIpc) is 2.11. The average molecular weight is 268 g/mol. The fraction of sp³-hybridized carbons (Fsp3) is 0.714. The molecule has 0 atom stereocenters. The minimum absolute atomic E-state index is 0.392. The van der Waals surface area contributed by atoms with E-state index < -0.39 is 23.9 Å². The summed E-state index contributed by atoms with van der Waals surface area (Å²) in [7, 11) is 2.41. The monoisotopic (exact) mass is 268 g/mol. The van der Waals surface area contributed by atoms with Crippen LogP contribution in [0.4, 0.5) is 30.7 Å². The summed E-state index contributed by atoms with van der Waals surface area (Å²) in [6.07, 6.45) is -6.15. The van der Waals surface area contributed by atoms with Crippen LogP contribution in [0.1, 0.15) is 0 Å². The Morgan fingerprint density at radius 1 is 1.06 bits per heavy atom. The molecule has 0 fully saturated rings. The van der Waals surface area contributed by atoms with E-state index in [9.17, 15) is 35.5 Å². The predicted molar refractivity (Wildman–Crippen MR) is 43.1 cm³/mol. The third-order valence-electron chi connectivity index (χ3n) is 1.42. The molecule has 0 aromatic rings. The van der Waals surface area contributed by atoms with Crippen molar-refractivity contribution in [2.45, 2.75) is 18.0 Å². The molecule has 0 N–H and O–H groups in total. The summed E-state index contributed by atoms with van der Waals surface area (Å²) in [6.45, 7) is 0. The first-order chi connectivity index (χ1) is 7.34. The van der Waals surface area contributed by atoms with Crippen LogP contribution < -0.4 is 0 Å². The number of amides is 1. The molecule has 0 bridgehead atoms. The van der Waals surface area contributed by atoms with Gasteiger partial charge in [-0.2, -0.15) is 35.7 Å². The summed E-state index contributed by atoms with van der Waals surface area (Å²) in [5, 5.41) is 0. The van der Waals surface area contributed by atoms with Crippen LogP contribution in [0.15, 0.2) is 4.99 Å². The highest BCUT2D eigenvalue weighted by molar-refractivity contribution is 5.90. The molecular formula is C7H7F7N2O. The van der Waals surface area contributed by atoms with Crippen LogP contribution in [0.2, 0.25) is 0 Å². The second-order valence-corrected chi connectivity index (χ2v) is 3.16. The molecule has 0 rings (SSSR count). The van der Waals surface area contributed by atoms with Crippen LogP contribution in [0.25, 0.3) is 0 Å². The fourth-order valence-electron chi connectivity index (χ4n) is 0.561. The predicted octanol–water partition coefficient (Wildman–Crippen LogP) is 1.94. The van der Waals surface area contributed by atoms with Gasteiger partial charge in [-0.05, 0) is 0 Å². The van der Waals surface area contributed by atoms with Crippen molar-refractivity contribution in [1.29, 1.82) is 0 Å². The van der Waals surface area contributed by atoms with Crippen molar-refractivity contribution in [1.82, 2.24) is 4.90 Å². The summed E-state index contributed by atoms with van der Waals surface area (Å²) < 4.78 is 84.7. The van der Waals surface area contributed by atoms with E-state index >= 15 is 0 Å². The van der Waals surface area contributed by atoms with Gasteiger partial charge in [0.15, 0.2) is 0 Å². The van der Waals surface area contributed by atoms with Gasteiger partial charge in [-0.15, -0.1) is 0 Å². The summed E-state index contributed by atoms with van der Waals surface area (Å²) in [4.78, 5) is 13.7. The minimum Gasteiger partial charge on any atom is -0.369 e. The number of rotatable bonds is 3. The normalized spacial score (nSPS) is 14.2. The first kappa shape index (κ1) is 15.6. The van der Waals surface area contributed by atoms with Crippen LogP contribution >= 0.6 is 0 Å². The maximum absolute atomic E-state index is 12.6. The molecule has 0 saturated heterocycles. The molecular weight excluding hydrogens is 261 g/mol. The van der Waals surface area contributed by atoms with Gasteiger partial charge in [0.1, 0.15) is 0 Å². The summed E-state index contributed by atoms with van der Waals surface area (Å²) >= 11 is 0. The van der Waals surface area contributed by atoms with E-state index in [-0.39, 0.29) is 0 Å². The number of carbonyl (C=O) groups excluding carboxylic acids is 1. The van der Waals surface area contributed by atoms with Crippen molar-refractivity contribution >= 4 is 12.2 Å². The molecule has 1 amide bonds. The Kier molecular flexibility index (Phi) is 4.14. The van der Waals surface area contributed by atoms with Crippen molar-refractivity contribution in [3.8, 4) is 0 Å². The first-order valence-electron chi connectivity index (χ1n) is 3.91. The van der Waals surface area contributed by atoms with Crippen molar-refractivity contribution in [2.75, 3.05) is 14.1 Å². The van der Waals surface area contributed by atoms with E-state index in [1.165, 1.54) is 14.1 Å². The highest BCUT2D eigenvalue weighted by atomic mass is 19.4. The molecule has 0 aromatic carbocycles. The maximum atomic E-state index is 12.6. The maximum Gasteiger partial charge on any atom is 0.460 e. The van der Waals surface area contributed by atoms with Gasteiger partial charge in [-0.3, -0.25) is 4.79 Å². The number of aliphatic imine (C=N–C) groups is 1. The molecule has 0 aliphatic heterocycles. The van der Waals surface area contributed by atoms with E-state index in [0.29, 0.717) is 6.34 Å². The second kappa shape index (κ2) is 4.49. The first-order valence-corrected chi connectivity index (χ1v) is 3.91. The Morgan fingerprint density at radius 2 is 1.47 bits per heavy atom. The van der Waals surface area contributed by atoms with E-state index in [1.807, 2.05) is 0 Å². The summed E-state index contributed by atoms with van der Waals surface area (Å²) in [5.41, 5.74) is 0. The van der Waals surface area contributed by atoms with Crippen molar-refractivity contribution in [3.05, 3.63) is 0 Å². The molecule has 0 heterocycles. The van der Waals surface area contributed by atoms with Crippen molar-refractivity contribution in [2.24, 2.45) is 4.99 Å². The smallest absolute Gasteiger partial charge is 0.369 e. The zero-order valence-electron chi connectivity index (χ0n) is 8.53. The third kappa shape index (κ3) is 3.07. The van der Waals surface area contributed by atoms with Gasteiger partial charge in [0.25, 0.3) is 0 Å². The van der Waals surface area contributed by atoms with Crippen molar-refractivity contribution < 1.29 is 35.5 Å².